The second kappa shape index (κ2) is 9.38. The predicted octanol–water partition coefficient (Wildman–Crippen LogP) is 4.22. The topological polar surface area (TPSA) is 74.0 Å². The molecule has 1 fully saturated rings. The van der Waals surface area contributed by atoms with Crippen LogP contribution in [0.15, 0.2) is 55.0 Å². The zero-order valence-electron chi connectivity index (χ0n) is 18.4. The molecule has 7 heteroatoms. The van der Waals surface area contributed by atoms with Crippen LogP contribution in [0.3, 0.4) is 0 Å². The van der Waals surface area contributed by atoms with Crippen LogP contribution in [0, 0.1) is 11.3 Å². The quantitative estimate of drug-likeness (QED) is 0.598. The van der Waals surface area contributed by atoms with Gasteiger partial charge in [0.05, 0.1) is 35.7 Å². The van der Waals surface area contributed by atoms with Crippen molar-refractivity contribution < 1.29 is 4.79 Å². The summed E-state index contributed by atoms with van der Waals surface area (Å²) in [5.41, 5.74) is 5.31. The monoisotopic (exact) mass is 459 g/mol. The van der Waals surface area contributed by atoms with Crippen molar-refractivity contribution in [2.24, 2.45) is 0 Å². The molecule has 0 radical (unpaired) electrons. The second-order valence-corrected chi connectivity index (χ2v) is 9.26. The molecule has 6 nitrogen and oxygen atoms in total. The van der Waals surface area contributed by atoms with Crippen molar-refractivity contribution in [1.29, 1.82) is 5.26 Å². The summed E-state index contributed by atoms with van der Waals surface area (Å²) in [6.07, 6.45) is 7.58. The number of nitriles is 1. The number of carbonyl (C=O) groups excluding carboxylic acids is 1. The van der Waals surface area contributed by atoms with E-state index < -0.39 is 0 Å². The standard InChI is InChI=1S/C26H26ClN5O/c27-21-9-8-20-2-1-3-25(23(20)12-21)32-11-10-24(26(32)33)30-15-22-14-29-17-31(22)16-19-6-4-18(13-28)5-7-19/h4-9,12,14,17,24-25,30H,1-3,10-11,15-16H2/t24-,25-/m0/s1. The molecule has 0 bridgehead atoms. The van der Waals surface area contributed by atoms with E-state index in [1.807, 2.05) is 47.5 Å². The molecule has 1 aliphatic heterocycles. The molecule has 1 aliphatic carbocycles. The lowest BCUT2D eigenvalue weighted by atomic mass is 9.87. The molecule has 3 aromatic rings. The number of carbonyl (C=O) groups is 1. The molecule has 168 valence electrons. The van der Waals surface area contributed by atoms with E-state index in [-0.39, 0.29) is 18.0 Å². The molecule has 1 aromatic heterocycles. The zero-order valence-corrected chi connectivity index (χ0v) is 19.1. The number of aryl methyl sites for hydroxylation is 1. The molecular weight excluding hydrogens is 434 g/mol. The van der Waals surface area contributed by atoms with Crippen LogP contribution >= 0.6 is 11.6 Å². The molecule has 5 rings (SSSR count). The Morgan fingerprint density at radius 1 is 1.18 bits per heavy atom. The third-order valence-electron chi connectivity index (χ3n) is 6.77. The molecule has 2 heterocycles. The number of amides is 1. The van der Waals surface area contributed by atoms with Gasteiger partial charge in [0.25, 0.3) is 0 Å². The first-order chi connectivity index (χ1) is 16.1. The number of nitrogens with zero attached hydrogens (tertiary/aromatic N) is 4. The first-order valence-electron chi connectivity index (χ1n) is 11.4. The molecular formula is C26H26ClN5O. The van der Waals surface area contributed by atoms with E-state index in [1.54, 1.807) is 6.33 Å². The van der Waals surface area contributed by atoms with Crippen molar-refractivity contribution in [1.82, 2.24) is 19.8 Å². The minimum atomic E-state index is -0.187. The fraction of sp³-hybridized carbons (Fsp3) is 0.346. The maximum absolute atomic E-state index is 13.3. The summed E-state index contributed by atoms with van der Waals surface area (Å²) in [5, 5.41) is 13.2. The number of halogens is 1. The molecule has 0 saturated carbocycles. The maximum atomic E-state index is 13.3. The van der Waals surface area contributed by atoms with Gasteiger partial charge in [-0.05, 0) is 66.6 Å². The lowest BCUT2D eigenvalue weighted by Gasteiger charge is -2.33. The summed E-state index contributed by atoms with van der Waals surface area (Å²) < 4.78 is 2.07. The van der Waals surface area contributed by atoms with Crippen LogP contribution in [0.2, 0.25) is 5.02 Å². The Morgan fingerprint density at radius 2 is 2.03 bits per heavy atom. The highest BCUT2D eigenvalue weighted by molar-refractivity contribution is 6.30. The predicted molar refractivity (Wildman–Crippen MR) is 127 cm³/mol. The Hall–Kier alpha value is -3.14. The number of hydrogen-bond donors (Lipinski definition) is 1. The molecule has 2 atom stereocenters. The number of hydrogen-bond acceptors (Lipinski definition) is 4. The van der Waals surface area contributed by atoms with Gasteiger partial charge in [0.2, 0.25) is 5.91 Å². The van der Waals surface area contributed by atoms with Crippen molar-refractivity contribution in [2.45, 2.75) is 50.9 Å². The number of rotatable bonds is 6. The van der Waals surface area contributed by atoms with Gasteiger partial charge in [0, 0.05) is 30.9 Å². The first-order valence-corrected chi connectivity index (χ1v) is 11.8. The normalized spacial score (nSPS) is 20.0. The summed E-state index contributed by atoms with van der Waals surface area (Å²) in [6, 6.07) is 15.7. The molecule has 2 aliphatic rings. The SMILES string of the molecule is N#Cc1ccc(Cn2cncc2CN[C@H]2CCN([C@H]3CCCc4ccc(Cl)cc43)C2=O)cc1. The highest BCUT2D eigenvalue weighted by Gasteiger charge is 2.37. The van der Waals surface area contributed by atoms with Crippen LogP contribution in [0.25, 0.3) is 0 Å². The summed E-state index contributed by atoms with van der Waals surface area (Å²) in [7, 11) is 0. The van der Waals surface area contributed by atoms with Gasteiger partial charge in [-0.1, -0.05) is 29.8 Å². The highest BCUT2D eigenvalue weighted by Crippen LogP contribution is 2.37. The van der Waals surface area contributed by atoms with Crippen molar-refractivity contribution in [2.75, 3.05) is 6.54 Å². The summed E-state index contributed by atoms with van der Waals surface area (Å²) in [6.45, 7) is 2.01. The van der Waals surface area contributed by atoms with Crippen LogP contribution in [-0.4, -0.2) is 32.9 Å². The number of nitrogens with one attached hydrogen (secondary N) is 1. The van der Waals surface area contributed by atoms with Gasteiger partial charge in [-0.25, -0.2) is 4.98 Å². The van der Waals surface area contributed by atoms with Crippen LogP contribution in [0.4, 0.5) is 0 Å². The fourth-order valence-electron chi connectivity index (χ4n) is 5.02. The van der Waals surface area contributed by atoms with Gasteiger partial charge in [0.15, 0.2) is 0 Å². The summed E-state index contributed by atoms with van der Waals surface area (Å²) in [4.78, 5) is 19.6. The van der Waals surface area contributed by atoms with E-state index in [9.17, 15) is 4.79 Å². The van der Waals surface area contributed by atoms with Crippen molar-refractivity contribution in [3.63, 3.8) is 0 Å². The number of fused-ring (bicyclic) bond motifs is 1. The molecule has 1 amide bonds. The van der Waals surface area contributed by atoms with Gasteiger partial charge in [0.1, 0.15) is 0 Å². The smallest absolute Gasteiger partial charge is 0.240 e. The Labute approximate surface area is 198 Å². The summed E-state index contributed by atoms with van der Waals surface area (Å²) >= 11 is 6.27. The van der Waals surface area contributed by atoms with E-state index in [0.717, 1.165) is 48.5 Å². The van der Waals surface area contributed by atoms with Crippen molar-refractivity contribution >= 4 is 17.5 Å². The van der Waals surface area contributed by atoms with E-state index in [2.05, 4.69) is 27.0 Å². The Morgan fingerprint density at radius 3 is 2.85 bits per heavy atom. The molecule has 0 unspecified atom stereocenters. The van der Waals surface area contributed by atoms with Crippen molar-refractivity contribution in [3.8, 4) is 6.07 Å². The van der Waals surface area contributed by atoms with Crippen LogP contribution in [-0.2, 0) is 24.3 Å². The third kappa shape index (κ3) is 4.52. The van der Waals surface area contributed by atoms with Crippen LogP contribution in [0.1, 0.15) is 53.3 Å². The Balaban J connectivity index is 1.23. The lowest BCUT2D eigenvalue weighted by Crippen LogP contribution is -2.40. The molecule has 1 saturated heterocycles. The van der Waals surface area contributed by atoms with Gasteiger partial charge in [-0.2, -0.15) is 5.26 Å². The van der Waals surface area contributed by atoms with Crippen LogP contribution in [0.5, 0.6) is 0 Å². The number of imidazole rings is 1. The van der Waals surface area contributed by atoms with E-state index in [0.29, 0.717) is 18.7 Å². The summed E-state index contributed by atoms with van der Waals surface area (Å²) in [5.74, 6) is 0.172. The Bertz CT molecular complexity index is 1200. The fourth-order valence-corrected chi connectivity index (χ4v) is 5.20. The van der Waals surface area contributed by atoms with Gasteiger partial charge in [-0.3, -0.25) is 4.79 Å². The highest BCUT2D eigenvalue weighted by atomic mass is 35.5. The minimum Gasteiger partial charge on any atom is -0.334 e. The average Bonchev–Trinajstić information content (AvgIpc) is 3.43. The second-order valence-electron chi connectivity index (χ2n) is 8.83. The number of likely N-dealkylation sites (tertiary alicyclic amines) is 1. The molecule has 2 aromatic carbocycles. The zero-order chi connectivity index (χ0) is 22.8. The lowest BCUT2D eigenvalue weighted by molar-refractivity contribution is -0.131. The van der Waals surface area contributed by atoms with Crippen LogP contribution < -0.4 is 5.32 Å². The minimum absolute atomic E-state index is 0.119. The largest absolute Gasteiger partial charge is 0.334 e. The maximum Gasteiger partial charge on any atom is 0.240 e. The molecule has 33 heavy (non-hydrogen) atoms. The molecule has 1 N–H and O–H groups in total. The number of aromatic nitrogens is 2. The van der Waals surface area contributed by atoms with Gasteiger partial charge < -0.3 is 14.8 Å². The van der Waals surface area contributed by atoms with E-state index in [1.165, 1.54) is 11.1 Å². The molecule has 0 spiro atoms. The first kappa shape index (κ1) is 21.7. The van der Waals surface area contributed by atoms with Gasteiger partial charge in [-0.15, -0.1) is 0 Å². The van der Waals surface area contributed by atoms with Crippen molar-refractivity contribution in [3.05, 3.63) is 88.0 Å². The number of benzene rings is 2. The van der Waals surface area contributed by atoms with E-state index >= 15 is 0 Å². The average molecular weight is 460 g/mol. The van der Waals surface area contributed by atoms with E-state index in [4.69, 9.17) is 16.9 Å². The Kier molecular flexibility index (Phi) is 6.17. The third-order valence-corrected chi connectivity index (χ3v) is 7.01. The van der Waals surface area contributed by atoms with Gasteiger partial charge >= 0.3 is 0 Å².